The summed E-state index contributed by atoms with van der Waals surface area (Å²) in [5.74, 6) is 0.286. The molecular weight excluding hydrogens is 176 g/mol. The Kier molecular flexibility index (Phi) is 5.53. The van der Waals surface area contributed by atoms with E-state index in [0.717, 1.165) is 18.4 Å². The standard InChI is InChI=1S/C12H20O2/c1-14-10-9-12(13)11-7-5-3-2-4-6-8-11/h7H,2-6,8-10H2,1H3. The molecule has 0 aromatic heterocycles. The number of hydrogen-bond acceptors (Lipinski definition) is 2. The fraction of sp³-hybridized carbons (Fsp3) is 0.750. The number of rotatable bonds is 4. The van der Waals surface area contributed by atoms with E-state index in [1.54, 1.807) is 7.11 Å². The molecule has 0 saturated carbocycles. The zero-order chi connectivity index (χ0) is 10.2. The van der Waals surface area contributed by atoms with Crippen molar-refractivity contribution in [1.82, 2.24) is 0 Å². The average molecular weight is 196 g/mol. The number of ether oxygens (including phenoxy) is 1. The van der Waals surface area contributed by atoms with Gasteiger partial charge in [-0.15, -0.1) is 0 Å². The van der Waals surface area contributed by atoms with Gasteiger partial charge in [-0.25, -0.2) is 0 Å². The second-order valence-electron chi connectivity index (χ2n) is 3.85. The fourth-order valence-electron chi connectivity index (χ4n) is 1.80. The molecule has 1 aliphatic rings. The van der Waals surface area contributed by atoms with Crippen molar-refractivity contribution in [2.45, 2.75) is 44.9 Å². The van der Waals surface area contributed by atoms with Crippen LogP contribution in [0.4, 0.5) is 0 Å². The van der Waals surface area contributed by atoms with Crippen LogP contribution in [0, 0.1) is 0 Å². The van der Waals surface area contributed by atoms with Crippen LogP contribution in [0.15, 0.2) is 11.6 Å². The second kappa shape index (κ2) is 6.77. The Hall–Kier alpha value is -0.630. The lowest BCUT2D eigenvalue weighted by molar-refractivity contribution is -0.116. The molecule has 1 rings (SSSR count). The van der Waals surface area contributed by atoms with Crippen molar-refractivity contribution in [2.24, 2.45) is 0 Å². The van der Waals surface area contributed by atoms with Gasteiger partial charge in [0.1, 0.15) is 0 Å². The van der Waals surface area contributed by atoms with Gasteiger partial charge in [0, 0.05) is 13.5 Å². The number of allylic oxidation sites excluding steroid dienone is 2. The molecule has 0 N–H and O–H groups in total. The van der Waals surface area contributed by atoms with E-state index >= 15 is 0 Å². The number of methoxy groups -OCH3 is 1. The Morgan fingerprint density at radius 1 is 1.36 bits per heavy atom. The van der Waals surface area contributed by atoms with Crippen molar-refractivity contribution in [3.05, 3.63) is 11.6 Å². The summed E-state index contributed by atoms with van der Waals surface area (Å²) in [6.07, 6.45) is 9.73. The molecule has 0 aromatic rings. The van der Waals surface area contributed by atoms with Crippen LogP contribution < -0.4 is 0 Å². The third-order valence-electron chi connectivity index (χ3n) is 2.68. The molecule has 0 aliphatic heterocycles. The minimum Gasteiger partial charge on any atom is -0.384 e. The normalized spacial score (nSPS) is 18.2. The zero-order valence-electron chi connectivity index (χ0n) is 9.05. The van der Waals surface area contributed by atoms with E-state index in [1.165, 1.54) is 25.7 Å². The number of carbonyl (C=O) groups is 1. The summed E-state index contributed by atoms with van der Waals surface area (Å²) < 4.78 is 4.91. The minimum absolute atomic E-state index is 0.286. The summed E-state index contributed by atoms with van der Waals surface area (Å²) in [7, 11) is 1.64. The first kappa shape index (κ1) is 11.4. The molecule has 80 valence electrons. The summed E-state index contributed by atoms with van der Waals surface area (Å²) in [6, 6.07) is 0. The van der Waals surface area contributed by atoms with Crippen LogP contribution in [0.3, 0.4) is 0 Å². The van der Waals surface area contributed by atoms with Crippen LogP contribution in [0.25, 0.3) is 0 Å². The van der Waals surface area contributed by atoms with Gasteiger partial charge in [0.25, 0.3) is 0 Å². The quantitative estimate of drug-likeness (QED) is 0.691. The van der Waals surface area contributed by atoms with Crippen molar-refractivity contribution in [3.63, 3.8) is 0 Å². The van der Waals surface area contributed by atoms with E-state index in [0.29, 0.717) is 13.0 Å². The number of Topliss-reactive ketones (excluding diaryl/α,β-unsaturated/α-hetero) is 1. The van der Waals surface area contributed by atoms with Gasteiger partial charge in [0.2, 0.25) is 0 Å². The Bertz CT molecular complexity index is 206. The van der Waals surface area contributed by atoms with Gasteiger partial charge in [0.05, 0.1) is 6.61 Å². The minimum atomic E-state index is 0.286. The summed E-state index contributed by atoms with van der Waals surface area (Å²) >= 11 is 0. The molecule has 2 nitrogen and oxygen atoms in total. The maximum atomic E-state index is 11.7. The third-order valence-corrected chi connectivity index (χ3v) is 2.68. The molecule has 14 heavy (non-hydrogen) atoms. The van der Waals surface area contributed by atoms with Gasteiger partial charge < -0.3 is 4.74 Å². The SMILES string of the molecule is COCCC(=O)C1=CCCCCCC1. The van der Waals surface area contributed by atoms with Gasteiger partial charge in [-0.1, -0.05) is 18.9 Å². The molecule has 0 aromatic carbocycles. The van der Waals surface area contributed by atoms with Crippen molar-refractivity contribution >= 4 is 5.78 Å². The average Bonchev–Trinajstić information content (AvgIpc) is 2.13. The lowest BCUT2D eigenvalue weighted by Gasteiger charge is -2.09. The predicted molar refractivity (Wildman–Crippen MR) is 57.3 cm³/mol. The molecule has 0 unspecified atom stereocenters. The maximum absolute atomic E-state index is 11.7. The highest BCUT2D eigenvalue weighted by atomic mass is 16.5. The van der Waals surface area contributed by atoms with E-state index in [9.17, 15) is 4.79 Å². The van der Waals surface area contributed by atoms with Crippen LogP contribution in [0.5, 0.6) is 0 Å². The third kappa shape index (κ3) is 4.05. The van der Waals surface area contributed by atoms with Crippen LogP contribution in [0.2, 0.25) is 0 Å². The van der Waals surface area contributed by atoms with E-state index in [4.69, 9.17) is 4.74 Å². The number of ketones is 1. The first-order valence-electron chi connectivity index (χ1n) is 5.56. The summed E-state index contributed by atoms with van der Waals surface area (Å²) in [4.78, 5) is 11.7. The summed E-state index contributed by atoms with van der Waals surface area (Å²) in [6.45, 7) is 0.552. The first-order chi connectivity index (χ1) is 6.84. The Morgan fingerprint density at radius 3 is 2.93 bits per heavy atom. The van der Waals surface area contributed by atoms with Gasteiger partial charge in [-0.3, -0.25) is 4.79 Å². The Balaban J connectivity index is 2.42. The predicted octanol–water partition coefficient (Wildman–Crippen LogP) is 2.87. The largest absolute Gasteiger partial charge is 0.384 e. The van der Waals surface area contributed by atoms with E-state index in [2.05, 4.69) is 6.08 Å². The Labute approximate surface area is 86.3 Å². The van der Waals surface area contributed by atoms with Crippen LogP contribution in [-0.4, -0.2) is 19.5 Å². The number of carbonyl (C=O) groups excluding carboxylic acids is 1. The highest BCUT2D eigenvalue weighted by Crippen LogP contribution is 2.18. The fourth-order valence-corrected chi connectivity index (χ4v) is 1.80. The van der Waals surface area contributed by atoms with Crippen LogP contribution in [0.1, 0.15) is 44.9 Å². The van der Waals surface area contributed by atoms with Crippen molar-refractivity contribution in [1.29, 1.82) is 0 Å². The lowest BCUT2D eigenvalue weighted by Crippen LogP contribution is -2.07. The monoisotopic (exact) mass is 196 g/mol. The highest BCUT2D eigenvalue weighted by molar-refractivity contribution is 5.95. The molecule has 0 atom stereocenters. The van der Waals surface area contributed by atoms with E-state index in [-0.39, 0.29) is 5.78 Å². The van der Waals surface area contributed by atoms with Gasteiger partial charge in [-0.05, 0) is 31.3 Å². The molecular formula is C12H20O2. The van der Waals surface area contributed by atoms with Crippen molar-refractivity contribution in [3.8, 4) is 0 Å². The Morgan fingerprint density at radius 2 is 2.14 bits per heavy atom. The van der Waals surface area contributed by atoms with Crippen LogP contribution >= 0.6 is 0 Å². The molecule has 2 heteroatoms. The van der Waals surface area contributed by atoms with Gasteiger partial charge in [0.15, 0.2) is 5.78 Å². The summed E-state index contributed by atoms with van der Waals surface area (Å²) in [5, 5.41) is 0. The van der Waals surface area contributed by atoms with Crippen molar-refractivity contribution in [2.75, 3.05) is 13.7 Å². The topological polar surface area (TPSA) is 26.3 Å². The zero-order valence-corrected chi connectivity index (χ0v) is 9.05. The highest BCUT2D eigenvalue weighted by Gasteiger charge is 2.10. The summed E-state index contributed by atoms with van der Waals surface area (Å²) in [5.41, 5.74) is 1.04. The van der Waals surface area contributed by atoms with Gasteiger partial charge in [-0.2, -0.15) is 0 Å². The second-order valence-corrected chi connectivity index (χ2v) is 3.85. The molecule has 0 amide bonds. The molecule has 0 radical (unpaired) electrons. The van der Waals surface area contributed by atoms with Crippen molar-refractivity contribution < 1.29 is 9.53 Å². The first-order valence-corrected chi connectivity index (χ1v) is 5.56. The smallest absolute Gasteiger partial charge is 0.160 e. The molecule has 0 heterocycles. The molecule has 0 spiro atoms. The number of hydrogen-bond donors (Lipinski definition) is 0. The molecule has 0 bridgehead atoms. The van der Waals surface area contributed by atoms with E-state index < -0.39 is 0 Å². The molecule has 0 fully saturated rings. The van der Waals surface area contributed by atoms with E-state index in [1.807, 2.05) is 0 Å². The lowest BCUT2D eigenvalue weighted by atomic mass is 9.96. The van der Waals surface area contributed by atoms with Gasteiger partial charge >= 0.3 is 0 Å². The molecule has 0 saturated heterocycles. The molecule has 1 aliphatic carbocycles. The maximum Gasteiger partial charge on any atom is 0.160 e. The van der Waals surface area contributed by atoms with Crippen LogP contribution in [-0.2, 0) is 9.53 Å².